The van der Waals surface area contributed by atoms with Crippen molar-refractivity contribution in [3.05, 3.63) is 47.9 Å². The normalized spacial score (nSPS) is 19.5. The Hall–Kier alpha value is -1.75. The zero-order valence-electron chi connectivity index (χ0n) is 11.6. The number of fused-ring (bicyclic) bond motifs is 1. The van der Waals surface area contributed by atoms with E-state index in [-0.39, 0.29) is 5.52 Å². The molecule has 21 heavy (non-hydrogen) atoms. The van der Waals surface area contributed by atoms with Crippen LogP contribution in [0.3, 0.4) is 0 Å². The lowest BCUT2D eigenvalue weighted by Crippen LogP contribution is -2.31. The van der Waals surface area contributed by atoms with Crippen LogP contribution in [0, 0.1) is 17.5 Å². The summed E-state index contributed by atoms with van der Waals surface area (Å²) < 4.78 is 40.4. The molecule has 1 aromatic heterocycles. The molecule has 1 atom stereocenters. The van der Waals surface area contributed by atoms with Crippen molar-refractivity contribution in [2.24, 2.45) is 0 Å². The van der Waals surface area contributed by atoms with Crippen LogP contribution in [0.4, 0.5) is 13.2 Å². The molecule has 2 aromatic rings. The van der Waals surface area contributed by atoms with Crippen molar-refractivity contribution in [2.45, 2.75) is 25.3 Å². The summed E-state index contributed by atoms with van der Waals surface area (Å²) in [5, 5.41) is 0.428. The van der Waals surface area contributed by atoms with Gasteiger partial charge in [0.25, 0.3) is 0 Å². The van der Waals surface area contributed by atoms with Crippen molar-refractivity contribution >= 4 is 10.9 Å². The smallest absolute Gasteiger partial charge is 0.196 e. The Labute approximate surface area is 121 Å². The highest BCUT2D eigenvalue weighted by Gasteiger charge is 2.25. The van der Waals surface area contributed by atoms with Crippen LogP contribution in [0.5, 0.6) is 0 Å². The number of rotatable bonds is 4. The molecule has 1 aliphatic heterocycles. The van der Waals surface area contributed by atoms with Crippen LogP contribution in [0.1, 0.15) is 18.4 Å². The molecule has 2 nitrogen and oxygen atoms in total. The van der Waals surface area contributed by atoms with E-state index in [4.69, 9.17) is 0 Å². The molecule has 3 rings (SSSR count). The van der Waals surface area contributed by atoms with Crippen molar-refractivity contribution < 1.29 is 13.2 Å². The largest absolute Gasteiger partial charge is 0.358 e. The van der Waals surface area contributed by atoms with Gasteiger partial charge >= 0.3 is 0 Å². The van der Waals surface area contributed by atoms with E-state index in [2.05, 4.69) is 16.5 Å². The van der Waals surface area contributed by atoms with Gasteiger partial charge in [0, 0.05) is 24.2 Å². The number of hydrogen-bond acceptors (Lipinski definition) is 1. The Morgan fingerprint density at radius 2 is 2.14 bits per heavy atom. The van der Waals surface area contributed by atoms with Crippen molar-refractivity contribution in [2.75, 3.05) is 13.1 Å². The number of likely N-dealkylation sites (tertiary alicyclic amines) is 1. The molecule has 0 amide bonds. The lowest BCUT2D eigenvalue weighted by atomic mass is 10.0. The van der Waals surface area contributed by atoms with E-state index >= 15 is 0 Å². The first-order valence-corrected chi connectivity index (χ1v) is 7.10. The Bertz CT molecular complexity index is 678. The fourth-order valence-corrected chi connectivity index (χ4v) is 3.18. The zero-order valence-corrected chi connectivity index (χ0v) is 11.6. The lowest BCUT2D eigenvalue weighted by molar-refractivity contribution is 0.280. The summed E-state index contributed by atoms with van der Waals surface area (Å²) in [5.41, 5.74) is 0.862. The average Bonchev–Trinajstić information content (AvgIpc) is 3.06. The highest BCUT2D eigenvalue weighted by molar-refractivity contribution is 5.84. The van der Waals surface area contributed by atoms with E-state index in [1.165, 1.54) is 0 Å². The number of aromatic nitrogens is 1. The van der Waals surface area contributed by atoms with Crippen LogP contribution in [-0.2, 0) is 6.42 Å². The second-order valence-corrected chi connectivity index (χ2v) is 5.51. The Kier molecular flexibility index (Phi) is 3.76. The third kappa shape index (κ3) is 2.46. The van der Waals surface area contributed by atoms with Crippen LogP contribution < -0.4 is 0 Å². The molecule has 1 N–H and O–H groups in total. The molecule has 1 fully saturated rings. The van der Waals surface area contributed by atoms with Gasteiger partial charge in [-0.15, -0.1) is 6.58 Å². The first-order valence-electron chi connectivity index (χ1n) is 7.10. The van der Waals surface area contributed by atoms with Crippen molar-refractivity contribution in [3.8, 4) is 0 Å². The van der Waals surface area contributed by atoms with Gasteiger partial charge in [0.1, 0.15) is 0 Å². The Morgan fingerprint density at radius 1 is 1.33 bits per heavy atom. The van der Waals surface area contributed by atoms with Gasteiger partial charge in [0.15, 0.2) is 17.5 Å². The van der Waals surface area contributed by atoms with E-state index in [1.54, 1.807) is 6.20 Å². The van der Waals surface area contributed by atoms with E-state index < -0.39 is 17.5 Å². The zero-order chi connectivity index (χ0) is 15.0. The standard InChI is InChI=1S/C16H17F3N2/c1-2-5-21-6-3-4-11(21)7-10-9-20-16-12(10)8-13(17)14(18)15(16)19/h2,8-9,11,20H,1,3-7H2/t11-/m1/s1. The number of nitrogens with zero attached hydrogens (tertiary/aromatic N) is 1. The number of nitrogens with one attached hydrogen (secondary N) is 1. The van der Waals surface area contributed by atoms with Crippen LogP contribution in [0.15, 0.2) is 24.9 Å². The summed E-state index contributed by atoms with van der Waals surface area (Å²) >= 11 is 0. The van der Waals surface area contributed by atoms with Crippen LogP contribution in [0.2, 0.25) is 0 Å². The maximum absolute atomic E-state index is 13.7. The van der Waals surface area contributed by atoms with Gasteiger partial charge in [-0.25, -0.2) is 13.2 Å². The minimum absolute atomic E-state index is 0.0390. The second-order valence-electron chi connectivity index (χ2n) is 5.51. The predicted molar refractivity (Wildman–Crippen MR) is 76.7 cm³/mol. The monoisotopic (exact) mass is 294 g/mol. The molecule has 1 aliphatic rings. The van der Waals surface area contributed by atoms with Gasteiger partial charge < -0.3 is 4.98 Å². The van der Waals surface area contributed by atoms with Crippen LogP contribution in [0.25, 0.3) is 10.9 Å². The molecule has 1 aromatic carbocycles. The molecule has 1 saturated heterocycles. The summed E-state index contributed by atoms with van der Waals surface area (Å²) in [6.45, 7) is 5.57. The summed E-state index contributed by atoms with van der Waals surface area (Å²) in [4.78, 5) is 5.03. The van der Waals surface area contributed by atoms with Crippen LogP contribution in [-0.4, -0.2) is 29.0 Å². The minimum atomic E-state index is -1.43. The number of halogens is 3. The van der Waals surface area contributed by atoms with E-state index in [0.717, 1.165) is 37.6 Å². The molecule has 0 unspecified atom stereocenters. The van der Waals surface area contributed by atoms with Gasteiger partial charge in [0.05, 0.1) is 5.52 Å². The summed E-state index contributed by atoms with van der Waals surface area (Å²) in [5.74, 6) is -3.72. The number of benzene rings is 1. The number of aromatic amines is 1. The molecular weight excluding hydrogens is 277 g/mol. The molecule has 112 valence electrons. The fraction of sp³-hybridized carbons (Fsp3) is 0.375. The molecule has 2 heterocycles. The molecular formula is C16H17F3N2. The summed E-state index contributed by atoms with van der Waals surface area (Å²) in [6, 6.07) is 1.41. The predicted octanol–water partition coefficient (Wildman–Crippen LogP) is 3.78. The van der Waals surface area contributed by atoms with Gasteiger partial charge in [-0.2, -0.15) is 0 Å². The van der Waals surface area contributed by atoms with Crippen LogP contribution >= 0.6 is 0 Å². The van der Waals surface area contributed by atoms with Crippen molar-refractivity contribution in [1.82, 2.24) is 9.88 Å². The van der Waals surface area contributed by atoms with E-state index in [9.17, 15) is 13.2 Å². The van der Waals surface area contributed by atoms with Gasteiger partial charge in [-0.1, -0.05) is 6.08 Å². The first-order chi connectivity index (χ1) is 10.1. The number of H-pyrrole nitrogens is 1. The average molecular weight is 294 g/mol. The summed E-state index contributed by atoms with van der Waals surface area (Å²) in [6.07, 6.45) is 6.36. The summed E-state index contributed by atoms with van der Waals surface area (Å²) in [7, 11) is 0. The quantitative estimate of drug-likeness (QED) is 0.671. The van der Waals surface area contributed by atoms with Gasteiger partial charge in [-0.3, -0.25) is 4.90 Å². The Morgan fingerprint density at radius 3 is 2.90 bits per heavy atom. The Balaban J connectivity index is 1.93. The van der Waals surface area contributed by atoms with Gasteiger partial charge in [0.2, 0.25) is 0 Å². The lowest BCUT2D eigenvalue weighted by Gasteiger charge is -2.22. The molecule has 0 radical (unpaired) electrons. The van der Waals surface area contributed by atoms with Crippen molar-refractivity contribution in [1.29, 1.82) is 0 Å². The van der Waals surface area contributed by atoms with Gasteiger partial charge in [-0.05, 0) is 37.4 Å². The fourth-order valence-electron chi connectivity index (χ4n) is 3.18. The third-order valence-corrected chi connectivity index (χ3v) is 4.22. The minimum Gasteiger partial charge on any atom is -0.358 e. The number of hydrogen-bond donors (Lipinski definition) is 1. The van der Waals surface area contributed by atoms with Crippen molar-refractivity contribution in [3.63, 3.8) is 0 Å². The molecule has 0 aliphatic carbocycles. The maximum atomic E-state index is 13.7. The van der Waals surface area contributed by atoms with E-state index in [1.807, 2.05) is 6.08 Å². The highest BCUT2D eigenvalue weighted by Crippen LogP contribution is 2.28. The first kappa shape index (κ1) is 14.2. The van der Waals surface area contributed by atoms with E-state index in [0.29, 0.717) is 17.8 Å². The third-order valence-electron chi connectivity index (χ3n) is 4.22. The highest BCUT2D eigenvalue weighted by atomic mass is 19.2. The maximum Gasteiger partial charge on any atom is 0.196 e. The SMILES string of the molecule is C=CCN1CCC[C@@H]1Cc1c[nH]c2c(F)c(F)c(F)cc12. The molecule has 0 bridgehead atoms. The molecule has 5 heteroatoms. The molecule has 0 spiro atoms. The topological polar surface area (TPSA) is 19.0 Å². The molecule has 0 saturated carbocycles. The second kappa shape index (κ2) is 5.56.